The van der Waals surface area contributed by atoms with E-state index in [1.54, 1.807) is 4.68 Å². The van der Waals surface area contributed by atoms with Gasteiger partial charge < -0.3 is 5.32 Å². The molecule has 0 radical (unpaired) electrons. The van der Waals surface area contributed by atoms with E-state index in [4.69, 9.17) is 0 Å². The molecule has 6 heteroatoms. The first-order chi connectivity index (χ1) is 8.33. The molecule has 0 atom stereocenters. The number of halogens is 1. The van der Waals surface area contributed by atoms with Crippen molar-refractivity contribution in [2.24, 2.45) is 0 Å². The second kappa shape index (κ2) is 4.69. The summed E-state index contributed by atoms with van der Waals surface area (Å²) in [7, 11) is 0. The van der Waals surface area contributed by atoms with Gasteiger partial charge in [-0.2, -0.15) is 4.68 Å². The molecule has 2 aromatic rings. The number of nitrogens with one attached hydrogen (secondary N) is 1. The normalized spacial score (nSPS) is 15.1. The van der Waals surface area contributed by atoms with Crippen LogP contribution >= 0.6 is 22.6 Å². The highest BCUT2D eigenvalue weighted by Crippen LogP contribution is 2.19. The summed E-state index contributed by atoms with van der Waals surface area (Å²) < 4.78 is 2.97. The van der Waals surface area contributed by atoms with Gasteiger partial charge in [-0.25, -0.2) is 0 Å². The van der Waals surface area contributed by atoms with Gasteiger partial charge in [0.15, 0.2) is 5.82 Å². The van der Waals surface area contributed by atoms with Crippen molar-refractivity contribution in [1.29, 1.82) is 0 Å². The Balaban J connectivity index is 1.83. The lowest BCUT2D eigenvalue weighted by Gasteiger charge is -2.05. The maximum atomic E-state index is 4.06. The fourth-order valence-corrected chi connectivity index (χ4v) is 2.17. The zero-order valence-corrected chi connectivity index (χ0v) is 11.3. The molecule has 0 aliphatic heterocycles. The largest absolute Gasteiger partial charge is 0.307 e. The van der Waals surface area contributed by atoms with Gasteiger partial charge in [-0.1, -0.05) is 6.07 Å². The summed E-state index contributed by atoms with van der Waals surface area (Å²) >= 11 is 2.29. The van der Waals surface area contributed by atoms with Crippen LogP contribution in [0.4, 0.5) is 0 Å². The molecule has 1 aromatic carbocycles. The smallest absolute Gasteiger partial charge is 0.170 e. The number of hydrogen-bond donors (Lipinski definition) is 1. The van der Waals surface area contributed by atoms with Crippen LogP contribution in [0.5, 0.6) is 0 Å². The molecule has 0 amide bonds. The summed E-state index contributed by atoms with van der Waals surface area (Å²) in [5, 5.41) is 15.3. The van der Waals surface area contributed by atoms with Crippen LogP contribution in [0, 0.1) is 3.57 Å². The molecule has 88 valence electrons. The summed E-state index contributed by atoms with van der Waals surface area (Å²) in [6.45, 7) is 0.725. The number of hydrogen-bond acceptors (Lipinski definition) is 4. The van der Waals surface area contributed by atoms with Crippen molar-refractivity contribution >= 4 is 22.6 Å². The van der Waals surface area contributed by atoms with E-state index in [2.05, 4.69) is 55.6 Å². The minimum absolute atomic E-state index is 0.663. The average Bonchev–Trinajstić information content (AvgIpc) is 3.04. The third-order valence-electron chi connectivity index (χ3n) is 2.71. The lowest BCUT2D eigenvalue weighted by Crippen LogP contribution is -2.18. The summed E-state index contributed by atoms with van der Waals surface area (Å²) in [6.07, 6.45) is 2.54. The van der Waals surface area contributed by atoms with Crippen LogP contribution in [0.1, 0.15) is 18.7 Å². The summed E-state index contributed by atoms with van der Waals surface area (Å²) in [5.74, 6) is 0.860. The Bertz CT molecular complexity index is 520. The zero-order valence-electron chi connectivity index (χ0n) is 9.17. The molecule has 1 aliphatic carbocycles. The van der Waals surface area contributed by atoms with Gasteiger partial charge in [0.05, 0.1) is 12.2 Å². The van der Waals surface area contributed by atoms with Crippen molar-refractivity contribution in [3.05, 3.63) is 33.7 Å². The minimum Gasteiger partial charge on any atom is -0.307 e. The summed E-state index contributed by atoms with van der Waals surface area (Å²) in [6, 6.07) is 8.81. The maximum absolute atomic E-state index is 4.06. The molecule has 17 heavy (non-hydrogen) atoms. The molecule has 1 N–H and O–H groups in total. The number of aromatic nitrogens is 4. The molecule has 1 aliphatic rings. The minimum atomic E-state index is 0.663. The van der Waals surface area contributed by atoms with Crippen LogP contribution in [-0.4, -0.2) is 26.2 Å². The van der Waals surface area contributed by atoms with Crippen molar-refractivity contribution in [1.82, 2.24) is 25.5 Å². The van der Waals surface area contributed by atoms with Crippen LogP contribution in [0.15, 0.2) is 24.3 Å². The number of nitrogens with zero attached hydrogens (tertiary/aromatic N) is 4. The molecule has 1 heterocycles. The Kier molecular flexibility index (Phi) is 3.06. The topological polar surface area (TPSA) is 55.6 Å². The van der Waals surface area contributed by atoms with Crippen LogP contribution in [0.25, 0.3) is 5.69 Å². The average molecular weight is 341 g/mol. The second-order valence-electron chi connectivity index (χ2n) is 4.14. The monoisotopic (exact) mass is 341 g/mol. The van der Waals surface area contributed by atoms with Crippen LogP contribution in [-0.2, 0) is 6.54 Å². The lowest BCUT2D eigenvalue weighted by atomic mass is 10.3. The molecule has 0 spiro atoms. The predicted octanol–water partition coefficient (Wildman–Crippen LogP) is 1.52. The van der Waals surface area contributed by atoms with Crippen molar-refractivity contribution in [3.8, 4) is 5.69 Å². The van der Waals surface area contributed by atoms with Crippen molar-refractivity contribution in [3.63, 3.8) is 0 Å². The van der Waals surface area contributed by atoms with Gasteiger partial charge >= 0.3 is 0 Å². The molecular weight excluding hydrogens is 329 g/mol. The van der Waals surface area contributed by atoms with Crippen molar-refractivity contribution < 1.29 is 0 Å². The van der Waals surface area contributed by atoms with Gasteiger partial charge in [0.25, 0.3) is 0 Å². The number of tetrazole rings is 1. The zero-order chi connectivity index (χ0) is 11.7. The molecule has 1 aromatic heterocycles. The summed E-state index contributed by atoms with van der Waals surface area (Å²) in [4.78, 5) is 0. The predicted molar refractivity (Wildman–Crippen MR) is 71.7 cm³/mol. The van der Waals surface area contributed by atoms with Crippen LogP contribution in [0.2, 0.25) is 0 Å². The van der Waals surface area contributed by atoms with Crippen molar-refractivity contribution in [2.45, 2.75) is 25.4 Å². The van der Waals surface area contributed by atoms with Crippen molar-refractivity contribution in [2.75, 3.05) is 0 Å². The Hall–Kier alpha value is -1.02. The molecule has 0 unspecified atom stereocenters. The second-order valence-corrected chi connectivity index (χ2v) is 5.39. The number of benzene rings is 1. The quantitative estimate of drug-likeness (QED) is 0.857. The molecule has 0 bridgehead atoms. The van der Waals surface area contributed by atoms with Crippen LogP contribution < -0.4 is 5.32 Å². The van der Waals surface area contributed by atoms with E-state index in [0.29, 0.717) is 6.04 Å². The Morgan fingerprint density at radius 2 is 2.29 bits per heavy atom. The van der Waals surface area contributed by atoms with E-state index < -0.39 is 0 Å². The highest BCUT2D eigenvalue weighted by Gasteiger charge is 2.21. The molecule has 1 saturated carbocycles. The highest BCUT2D eigenvalue weighted by atomic mass is 127. The molecule has 5 nitrogen and oxygen atoms in total. The first kappa shape index (κ1) is 11.1. The number of rotatable bonds is 4. The van der Waals surface area contributed by atoms with Gasteiger partial charge in [-0.3, -0.25) is 0 Å². The van der Waals surface area contributed by atoms with E-state index in [1.807, 2.05) is 12.1 Å². The molecule has 3 rings (SSSR count). The van der Waals surface area contributed by atoms with Gasteiger partial charge in [0.2, 0.25) is 0 Å². The third-order valence-corrected chi connectivity index (χ3v) is 3.38. The van der Waals surface area contributed by atoms with E-state index >= 15 is 0 Å². The fourth-order valence-electron chi connectivity index (χ4n) is 1.65. The molecular formula is C11H12IN5. The molecule has 1 fully saturated rings. The van der Waals surface area contributed by atoms with Gasteiger partial charge in [-0.15, -0.1) is 5.10 Å². The maximum Gasteiger partial charge on any atom is 0.170 e. The van der Waals surface area contributed by atoms with E-state index in [-0.39, 0.29) is 0 Å². The SMILES string of the molecule is Ic1cccc(-n2nnnc2CNC2CC2)c1. The standard InChI is InChI=1S/C11H12IN5/c12-8-2-1-3-10(6-8)17-11(14-15-16-17)7-13-9-4-5-9/h1-3,6,9,13H,4-5,7H2. The van der Waals surface area contributed by atoms with Gasteiger partial charge in [0, 0.05) is 9.61 Å². The van der Waals surface area contributed by atoms with Gasteiger partial charge in [0.1, 0.15) is 0 Å². The molecule has 0 saturated heterocycles. The van der Waals surface area contributed by atoms with E-state index in [0.717, 1.165) is 18.1 Å². The first-order valence-electron chi connectivity index (χ1n) is 5.59. The van der Waals surface area contributed by atoms with Gasteiger partial charge in [-0.05, 0) is 64.1 Å². The Morgan fingerprint density at radius 1 is 1.41 bits per heavy atom. The first-order valence-corrected chi connectivity index (χ1v) is 6.67. The lowest BCUT2D eigenvalue weighted by molar-refractivity contribution is 0.637. The van der Waals surface area contributed by atoms with E-state index in [9.17, 15) is 0 Å². The summed E-state index contributed by atoms with van der Waals surface area (Å²) in [5.41, 5.74) is 1.01. The van der Waals surface area contributed by atoms with E-state index in [1.165, 1.54) is 16.4 Å². The van der Waals surface area contributed by atoms with Crippen LogP contribution in [0.3, 0.4) is 0 Å². The fraction of sp³-hybridized carbons (Fsp3) is 0.364. The Morgan fingerprint density at radius 3 is 3.06 bits per heavy atom. The Labute approximate surface area is 113 Å². The third kappa shape index (κ3) is 2.63. The highest BCUT2D eigenvalue weighted by molar-refractivity contribution is 14.1.